The molecule has 182 valence electrons. The number of likely N-dealkylation sites (N-methyl/N-ethyl adjacent to an activating group) is 1. The van der Waals surface area contributed by atoms with Crippen LogP contribution >= 0.6 is 27.3 Å². The van der Waals surface area contributed by atoms with Gasteiger partial charge in [-0.05, 0) is 52.5 Å². The summed E-state index contributed by atoms with van der Waals surface area (Å²) in [7, 11) is 1.77. The Morgan fingerprint density at radius 2 is 2.29 bits per heavy atom. The Morgan fingerprint density at radius 1 is 1.46 bits per heavy atom. The maximum absolute atomic E-state index is 13.2. The van der Waals surface area contributed by atoms with Gasteiger partial charge in [-0.1, -0.05) is 24.3 Å². The van der Waals surface area contributed by atoms with Gasteiger partial charge in [0.05, 0.1) is 11.5 Å². The topological polar surface area (TPSA) is 73.2 Å². The number of hydrogen-bond donors (Lipinski definition) is 2. The van der Waals surface area contributed by atoms with Crippen LogP contribution in [-0.2, 0) is 16.6 Å². The molecule has 1 aromatic carbocycles. The monoisotopic (exact) mass is 554 g/mol. The summed E-state index contributed by atoms with van der Waals surface area (Å²) in [6.45, 7) is 5.38. The van der Waals surface area contributed by atoms with Gasteiger partial charge in [-0.25, -0.2) is 0 Å². The Morgan fingerprint density at radius 3 is 3.03 bits per heavy atom. The van der Waals surface area contributed by atoms with Crippen LogP contribution in [0.15, 0.2) is 58.9 Å². The molecule has 1 aromatic heterocycles. The first-order chi connectivity index (χ1) is 16.8. The van der Waals surface area contributed by atoms with E-state index in [9.17, 15) is 15.0 Å². The van der Waals surface area contributed by atoms with Crippen molar-refractivity contribution in [3.8, 4) is 11.5 Å². The summed E-state index contributed by atoms with van der Waals surface area (Å²) in [5.41, 5.74) is 0.0844. The molecular formula is C27H27BrN2O4S. The molecule has 1 spiro atoms. The van der Waals surface area contributed by atoms with Crippen LogP contribution < -0.4 is 4.74 Å². The van der Waals surface area contributed by atoms with Crippen LogP contribution in [-0.4, -0.2) is 69.8 Å². The second-order valence-corrected chi connectivity index (χ2v) is 11.7. The third-order valence-electron chi connectivity index (χ3n) is 8.26. The number of benzene rings is 1. The van der Waals surface area contributed by atoms with E-state index in [0.717, 1.165) is 27.0 Å². The predicted octanol–water partition coefficient (Wildman–Crippen LogP) is 3.87. The lowest BCUT2D eigenvalue weighted by Gasteiger charge is -2.62. The minimum absolute atomic E-state index is 0.0812. The Bertz CT molecular complexity index is 1290. The molecule has 4 aliphatic rings. The molecule has 1 amide bonds. The highest BCUT2D eigenvalue weighted by atomic mass is 79.9. The van der Waals surface area contributed by atoms with Gasteiger partial charge in [-0.2, -0.15) is 0 Å². The molecule has 8 heteroatoms. The molecule has 6 rings (SSSR count). The SMILES string of the molecule is C=CCN1CC[C@]23c4c5ccc(O)c4OC2C(N(C)C(=O)/C=C/c2cc(Br)cs2)C=C[C@@]3(O)[C@H]1C5. The standard InChI is InChI=1S/C27H27BrN2O4S/c1-3-11-30-12-10-26-23-16-4-6-20(31)24(23)34-25(26)19(8-9-27(26,33)21(30)13-16)29(2)22(32)7-5-18-14-17(28)15-35-18/h3-9,14-15,19,21,25,31,33H,1,10-13H2,2H3/b7-5+/t19?,21-,25?,26+,27-/m1/s1. The summed E-state index contributed by atoms with van der Waals surface area (Å²) in [4.78, 5) is 18.2. The Kier molecular flexibility index (Phi) is 5.31. The Balaban J connectivity index is 1.42. The first-order valence-electron chi connectivity index (χ1n) is 11.8. The number of ether oxygens (including phenoxy) is 1. The lowest BCUT2D eigenvalue weighted by atomic mass is 9.50. The predicted molar refractivity (Wildman–Crippen MR) is 140 cm³/mol. The van der Waals surface area contributed by atoms with E-state index in [2.05, 4.69) is 27.4 Å². The fourth-order valence-electron chi connectivity index (χ4n) is 6.72. The number of likely N-dealkylation sites (tertiary alicyclic amines) is 1. The number of phenols is 1. The summed E-state index contributed by atoms with van der Waals surface area (Å²) in [6, 6.07) is 5.06. The van der Waals surface area contributed by atoms with Crippen LogP contribution in [0.25, 0.3) is 6.08 Å². The number of thiophene rings is 1. The molecule has 6 nitrogen and oxygen atoms in total. The molecule has 0 radical (unpaired) electrons. The number of hydrogen-bond acceptors (Lipinski definition) is 6. The first-order valence-corrected chi connectivity index (χ1v) is 13.4. The van der Waals surface area contributed by atoms with Crippen LogP contribution in [0.4, 0.5) is 0 Å². The lowest BCUT2D eigenvalue weighted by Crippen LogP contribution is -2.76. The van der Waals surface area contributed by atoms with Crippen LogP contribution in [0, 0.1) is 0 Å². The first kappa shape index (κ1) is 23.0. The average Bonchev–Trinajstić information content (AvgIpc) is 3.41. The van der Waals surface area contributed by atoms with E-state index in [1.54, 1.807) is 35.4 Å². The Hall–Kier alpha value is -2.39. The van der Waals surface area contributed by atoms with E-state index in [1.165, 1.54) is 0 Å². The average molecular weight is 555 g/mol. The van der Waals surface area contributed by atoms with E-state index in [-0.39, 0.29) is 17.7 Å². The summed E-state index contributed by atoms with van der Waals surface area (Å²) in [5.74, 6) is 0.388. The number of rotatable bonds is 5. The summed E-state index contributed by atoms with van der Waals surface area (Å²) >= 11 is 5.00. The molecule has 1 fully saturated rings. The van der Waals surface area contributed by atoms with Gasteiger partial charge in [0, 0.05) is 52.5 Å². The second kappa shape index (κ2) is 8.06. The highest BCUT2D eigenvalue weighted by molar-refractivity contribution is 9.10. The highest BCUT2D eigenvalue weighted by Crippen LogP contribution is 2.64. The van der Waals surface area contributed by atoms with Gasteiger partial charge in [-0.15, -0.1) is 17.9 Å². The van der Waals surface area contributed by atoms with Crippen molar-refractivity contribution in [2.75, 3.05) is 20.1 Å². The number of amides is 1. The number of aliphatic hydroxyl groups is 1. The van der Waals surface area contributed by atoms with E-state index < -0.39 is 23.2 Å². The lowest BCUT2D eigenvalue weighted by molar-refractivity contribution is -0.152. The van der Waals surface area contributed by atoms with Crippen molar-refractivity contribution < 1.29 is 19.7 Å². The van der Waals surface area contributed by atoms with Gasteiger partial charge in [0.15, 0.2) is 11.5 Å². The zero-order valence-corrected chi connectivity index (χ0v) is 21.8. The van der Waals surface area contributed by atoms with Gasteiger partial charge >= 0.3 is 0 Å². The molecule has 2 aliphatic heterocycles. The molecule has 5 atom stereocenters. The third kappa shape index (κ3) is 3.10. The van der Waals surface area contributed by atoms with Gasteiger partial charge in [0.1, 0.15) is 11.7 Å². The fourth-order valence-corrected chi connectivity index (χ4v) is 8.06. The van der Waals surface area contributed by atoms with Crippen LogP contribution in [0.1, 0.15) is 22.4 Å². The number of carbonyl (C=O) groups excluding carboxylic acids is 1. The van der Waals surface area contributed by atoms with Crippen molar-refractivity contribution in [3.63, 3.8) is 0 Å². The van der Waals surface area contributed by atoms with Crippen LogP contribution in [0.5, 0.6) is 11.5 Å². The van der Waals surface area contributed by atoms with Gasteiger partial charge in [0.2, 0.25) is 5.91 Å². The number of carbonyl (C=O) groups is 1. The van der Waals surface area contributed by atoms with E-state index in [4.69, 9.17) is 4.74 Å². The van der Waals surface area contributed by atoms with Crippen molar-refractivity contribution >= 4 is 39.2 Å². The zero-order valence-electron chi connectivity index (χ0n) is 19.4. The largest absolute Gasteiger partial charge is 0.504 e. The second-order valence-electron chi connectivity index (χ2n) is 9.84. The minimum atomic E-state index is -1.18. The van der Waals surface area contributed by atoms with Crippen molar-refractivity contribution in [1.29, 1.82) is 0 Å². The number of nitrogens with zero attached hydrogens (tertiary/aromatic N) is 2. The quantitative estimate of drug-likeness (QED) is 0.433. The molecular weight excluding hydrogens is 528 g/mol. The normalized spacial score (nSPS) is 32.4. The maximum Gasteiger partial charge on any atom is 0.246 e. The van der Waals surface area contributed by atoms with Crippen LogP contribution in [0.2, 0.25) is 0 Å². The van der Waals surface area contributed by atoms with Crippen molar-refractivity contribution in [3.05, 3.63) is 74.9 Å². The van der Waals surface area contributed by atoms with E-state index in [1.807, 2.05) is 41.8 Å². The van der Waals surface area contributed by atoms with Crippen LogP contribution in [0.3, 0.4) is 0 Å². The molecule has 35 heavy (non-hydrogen) atoms. The molecule has 1 saturated heterocycles. The fraction of sp³-hybridized carbons (Fsp3) is 0.370. The smallest absolute Gasteiger partial charge is 0.246 e. The zero-order chi connectivity index (χ0) is 24.5. The van der Waals surface area contributed by atoms with E-state index in [0.29, 0.717) is 25.1 Å². The molecule has 2 bridgehead atoms. The molecule has 2 unspecified atom stereocenters. The van der Waals surface area contributed by atoms with Gasteiger partial charge in [-0.3, -0.25) is 9.69 Å². The summed E-state index contributed by atoms with van der Waals surface area (Å²) < 4.78 is 7.48. The molecule has 3 heterocycles. The molecule has 0 saturated carbocycles. The Labute approximate surface area is 216 Å². The number of phenolic OH excluding ortho intramolecular Hbond substituents is 1. The molecule has 2 aromatic rings. The van der Waals surface area contributed by atoms with E-state index >= 15 is 0 Å². The number of aromatic hydroxyl groups is 1. The maximum atomic E-state index is 13.2. The van der Waals surface area contributed by atoms with Gasteiger partial charge in [0.25, 0.3) is 0 Å². The summed E-state index contributed by atoms with van der Waals surface area (Å²) in [5, 5.41) is 25.1. The van der Waals surface area contributed by atoms with Crippen molar-refractivity contribution in [2.24, 2.45) is 0 Å². The number of halogens is 1. The minimum Gasteiger partial charge on any atom is -0.504 e. The highest BCUT2D eigenvalue weighted by Gasteiger charge is 2.72. The van der Waals surface area contributed by atoms with Gasteiger partial charge < -0.3 is 19.8 Å². The van der Waals surface area contributed by atoms with Crippen molar-refractivity contribution in [1.82, 2.24) is 9.80 Å². The molecule has 2 aliphatic carbocycles. The summed E-state index contributed by atoms with van der Waals surface area (Å²) in [6.07, 6.45) is 9.88. The van der Waals surface area contributed by atoms with Crippen molar-refractivity contribution in [2.45, 2.75) is 42.0 Å². The third-order valence-corrected chi connectivity index (χ3v) is 9.92. The number of piperidine rings is 1. The molecule has 2 N–H and O–H groups in total.